The Morgan fingerprint density at radius 3 is 2.76 bits per heavy atom. The summed E-state index contributed by atoms with van der Waals surface area (Å²) in [4.78, 5) is 0. The summed E-state index contributed by atoms with van der Waals surface area (Å²) in [6.07, 6.45) is 2.03. The summed E-state index contributed by atoms with van der Waals surface area (Å²) >= 11 is 3.53. The maximum absolute atomic E-state index is 9.12. The number of halogens is 1. The van der Waals surface area contributed by atoms with Crippen molar-refractivity contribution in [3.05, 3.63) is 64.8 Å². The Hall–Kier alpha value is -2.25. The lowest BCUT2D eigenvalue weighted by atomic mass is 10.1. The van der Waals surface area contributed by atoms with E-state index in [1.165, 1.54) is 0 Å². The third-order valence-electron chi connectivity index (χ3n) is 3.48. The molecule has 1 heterocycles. The zero-order chi connectivity index (χ0) is 14.7. The van der Waals surface area contributed by atoms with E-state index >= 15 is 0 Å². The van der Waals surface area contributed by atoms with E-state index in [1.54, 1.807) is 0 Å². The number of hydrogen-bond donors (Lipinski definition) is 1. The van der Waals surface area contributed by atoms with Gasteiger partial charge < -0.3 is 9.88 Å². The van der Waals surface area contributed by atoms with Crippen molar-refractivity contribution < 1.29 is 0 Å². The van der Waals surface area contributed by atoms with Crippen LogP contribution in [-0.2, 0) is 6.54 Å². The Labute approximate surface area is 131 Å². The van der Waals surface area contributed by atoms with Crippen molar-refractivity contribution in [3.63, 3.8) is 0 Å². The van der Waals surface area contributed by atoms with Gasteiger partial charge in [-0.05, 0) is 46.3 Å². The fourth-order valence-corrected chi connectivity index (χ4v) is 2.86. The molecule has 0 saturated carbocycles. The molecule has 21 heavy (non-hydrogen) atoms. The largest absolute Gasteiger partial charge is 0.382 e. The highest BCUT2D eigenvalue weighted by atomic mass is 79.9. The molecule has 0 bridgehead atoms. The highest BCUT2D eigenvalue weighted by Gasteiger charge is 2.05. The number of nitrogens with one attached hydrogen (secondary N) is 1. The molecule has 0 fully saturated rings. The second kappa shape index (κ2) is 6.02. The normalized spacial score (nSPS) is 10.5. The van der Waals surface area contributed by atoms with Gasteiger partial charge >= 0.3 is 0 Å². The van der Waals surface area contributed by atoms with Crippen molar-refractivity contribution in [1.82, 2.24) is 4.57 Å². The molecule has 0 aliphatic carbocycles. The number of hydrogen-bond acceptors (Lipinski definition) is 2. The predicted octanol–water partition coefficient (Wildman–Crippen LogP) is 4.39. The van der Waals surface area contributed by atoms with Crippen molar-refractivity contribution >= 4 is 32.5 Å². The van der Waals surface area contributed by atoms with E-state index in [1.807, 2.05) is 48.7 Å². The highest BCUT2D eigenvalue weighted by Crippen LogP contribution is 2.22. The second-order valence-electron chi connectivity index (χ2n) is 4.77. The summed E-state index contributed by atoms with van der Waals surface area (Å²) in [6, 6.07) is 18.2. The van der Waals surface area contributed by atoms with Gasteiger partial charge in [-0.25, -0.2) is 0 Å². The summed E-state index contributed by atoms with van der Waals surface area (Å²) in [7, 11) is 0. The standard InChI is InChI=1S/C17H14BrN3/c18-15-5-1-2-6-16(15)20-9-11-21-10-8-14-13(12-19)4-3-7-17(14)21/h1-8,10,20H,9,11H2. The van der Waals surface area contributed by atoms with Gasteiger partial charge in [-0.15, -0.1) is 0 Å². The molecule has 4 heteroatoms. The van der Waals surface area contributed by atoms with Crippen LogP contribution in [0.2, 0.25) is 0 Å². The van der Waals surface area contributed by atoms with Crippen LogP contribution in [0, 0.1) is 11.3 Å². The van der Waals surface area contributed by atoms with Crippen LogP contribution in [0.1, 0.15) is 5.56 Å². The maximum atomic E-state index is 9.12. The van der Waals surface area contributed by atoms with E-state index in [0.29, 0.717) is 0 Å². The number of aromatic nitrogens is 1. The first-order valence-corrected chi connectivity index (χ1v) is 7.55. The number of rotatable bonds is 4. The molecule has 0 aliphatic rings. The molecule has 1 aromatic heterocycles. The van der Waals surface area contributed by atoms with Gasteiger partial charge in [-0.2, -0.15) is 5.26 Å². The van der Waals surface area contributed by atoms with Gasteiger partial charge in [0.25, 0.3) is 0 Å². The first-order chi connectivity index (χ1) is 10.3. The zero-order valence-electron chi connectivity index (χ0n) is 11.4. The van der Waals surface area contributed by atoms with E-state index in [2.05, 4.69) is 37.9 Å². The van der Waals surface area contributed by atoms with E-state index < -0.39 is 0 Å². The average molecular weight is 340 g/mol. The molecule has 2 aromatic carbocycles. The maximum Gasteiger partial charge on any atom is 0.0998 e. The van der Waals surface area contributed by atoms with Crippen LogP contribution in [0.3, 0.4) is 0 Å². The topological polar surface area (TPSA) is 40.8 Å². The Morgan fingerprint density at radius 2 is 1.95 bits per heavy atom. The van der Waals surface area contributed by atoms with Crippen molar-refractivity contribution in [2.24, 2.45) is 0 Å². The van der Waals surface area contributed by atoms with Crippen LogP contribution in [0.4, 0.5) is 5.69 Å². The lowest BCUT2D eigenvalue weighted by molar-refractivity contribution is 0.757. The molecule has 3 rings (SSSR count). The minimum atomic E-state index is 0.727. The van der Waals surface area contributed by atoms with Crippen LogP contribution >= 0.6 is 15.9 Å². The van der Waals surface area contributed by atoms with Crippen molar-refractivity contribution in [2.45, 2.75) is 6.54 Å². The summed E-state index contributed by atoms with van der Waals surface area (Å²) < 4.78 is 3.23. The van der Waals surface area contributed by atoms with Crippen LogP contribution in [0.15, 0.2) is 59.2 Å². The summed E-state index contributed by atoms with van der Waals surface area (Å²) in [5, 5.41) is 13.5. The number of fused-ring (bicyclic) bond motifs is 1. The molecular weight excluding hydrogens is 326 g/mol. The Kier molecular flexibility index (Phi) is 3.94. The summed E-state index contributed by atoms with van der Waals surface area (Å²) in [5.74, 6) is 0. The minimum Gasteiger partial charge on any atom is -0.382 e. The van der Waals surface area contributed by atoms with E-state index in [9.17, 15) is 0 Å². The van der Waals surface area contributed by atoms with E-state index in [4.69, 9.17) is 5.26 Å². The van der Waals surface area contributed by atoms with Crippen molar-refractivity contribution in [1.29, 1.82) is 5.26 Å². The van der Waals surface area contributed by atoms with Gasteiger partial charge in [0.1, 0.15) is 0 Å². The lowest BCUT2D eigenvalue weighted by Crippen LogP contribution is -2.09. The van der Waals surface area contributed by atoms with Gasteiger partial charge in [0.15, 0.2) is 0 Å². The lowest BCUT2D eigenvalue weighted by Gasteiger charge is -2.10. The highest BCUT2D eigenvalue weighted by molar-refractivity contribution is 9.10. The molecule has 0 spiro atoms. The van der Waals surface area contributed by atoms with Gasteiger partial charge in [0.2, 0.25) is 0 Å². The Bertz CT molecular complexity index is 814. The third-order valence-corrected chi connectivity index (χ3v) is 4.17. The summed E-state index contributed by atoms with van der Waals surface area (Å²) in [6.45, 7) is 1.67. The predicted molar refractivity (Wildman–Crippen MR) is 89.3 cm³/mol. The SMILES string of the molecule is N#Cc1cccc2c1ccn2CCNc1ccccc1Br. The molecule has 0 atom stereocenters. The molecule has 104 valence electrons. The second-order valence-corrected chi connectivity index (χ2v) is 5.62. The van der Waals surface area contributed by atoms with Gasteiger partial charge in [0.05, 0.1) is 11.6 Å². The van der Waals surface area contributed by atoms with Gasteiger partial charge in [-0.1, -0.05) is 18.2 Å². The van der Waals surface area contributed by atoms with Crippen LogP contribution in [-0.4, -0.2) is 11.1 Å². The first kappa shape index (κ1) is 13.7. The number of benzene rings is 2. The van der Waals surface area contributed by atoms with E-state index in [0.717, 1.165) is 39.7 Å². The van der Waals surface area contributed by atoms with E-state index in [-0.39, 0.29) is 0 Å². The van der Waals surface area contributed by atoms with Crippen LogP contribution in [0.25, 0.3) is 10.9 Å². The van der Waals surface area contributed by atoms with Crippen molar-refractivity contribution in [3.8, 4) is 6.07 Å². The Morgan fingerprint density at radius 1 is 1.10 bits per heavy atom. The molecule has 0 amide bonds. The molecule has 0 saturated heterocycles. The van der Waals surface area contributed by atoms with Gasteiger partial charge in [-0.3, -0.25) is 0 Å². The van der Waals surface area contributed by atoms with Crippen molar-refractivity contribution in [2.75, 3.05) is 11.9 Å². The molecule has 0 radical (unpaired) electrons. The molecule has 3 nitrogen and oxygen atoms in total. The van der Waals surface area contributed by atoms with Crippen LogP contribution in [0.5, 0.6) is 0 Å². The zero-order valence-corrected chi connectivity index (χ0v) is 13.0. The molecule has 1 N–H and O–H groups in total. The number of nitriles is 1. The average Bonchev–Trinajstić information content (AvgIpc) is 2.92. The number of nitrogens with zero attached hydrogens (tertiary/aromatic N) is 2. The Balaban J connectivity index is 1.75. The number of para-hydroxylation sites is 1. The molecule has 0 aliphatic heterocycles. The third kappa shape index (κ3) is 2.79. The van der Waals surface area contributed by atoms with Crippen LogP contribution < -0.4 is 5.32 Å². The summed E-state index contributed by atoms with van der Waals surface area (Å²) in [5.41, 5.74) is 2.92. The monoisotopic (exact) mass is 339 g/mol. The van der Waals surface area contributed by atoms with Gasteiger partial charge in [0, 0.05) is 40.3 Å². The number of anilines is 1. The molecular formula is C17H14BrN3. The molecule has 0 unspecified atom stereocenters. The minimum absolute atomic E-state index is 0.727. The fourth-order valence-electron chi connectivity index (χ4n) is 2.43. The smallest absolute Gasteiger partial charge is 0.0998 e. The fraction of sp³-hybridized carbons (Fsp3) is 0.118. The quantitative estimate of drug-likeness (QED) is 0.765. The first-order valence-electron chi connectivity index (χ1n) is 6.76. The molecule has 3 aromatic rings.